The maximum absolute atomic E-state index is 12.2. The van der Waals surface area contributed by atoms with Crippen LogP contribution >= 0.6 is 0 Å². The van der Waals surface area contributed by atoms with Crippen molar-refractivity contribution in [1.29, 1.82) is 0 Å². The molecule has 0 atom stereocenters. The van der Waals surface area contributed by atoms with Gasteiger partial charge in [0, 0.05) is 13.6 Å². The Morgan fingerprint density at radius 2 is 1.88 bits per heavy atom. The van der Waals surface area contributed by atoms with Gasteiger partial charge in [-0.1, -0.05) is 32.9 Å². The van der Waals surface area contributed by atoms with Crippen molar-refractivity contribution in [3.63, 3.8) is 0 Å². The summed E-state index contributed by atoms with van der Waals surface area (Å²) in [7, 11) is 3.40. The molecule has 1 amide bonds. The summed E-state index contributed by atoms with van der Waals surface area (Å²) >= 11 is 0. The van der Waals surface area contributed by atoms with Crippen LogP contribution in [-0.2, 0) is 0 Å². The molecular formula is C14H21NO2. The second-order valence-corrected chi connectivity index (χ2v) is 5.42. The van der Waals surface area contributed by atoms with E-state index < -0.39 is 0 Å². The number of carbonyl (C=O) groups excluding carboxylic acids is 1. The second kappa shape index (κ2) is 5.21. The number of hydrogen-bond acceptors (Lipinski definition) is 2. The topological polar surface area (TPSA) is 29.5 Å². The van der Waals surface area contributed by atoms with Crippen molar-refractivity contribution in [2.45, 2.75) is 20.8 Å². The highest BCUT2D eigenvalue weighted by Gasteiger charge is 2.20. The van der Waals surface area contributed by atoms with Crippen LogP contribution in [0.15, 0.2) is 24.3 Å². The van der Waals surface area contributed by atoms with E-state index in [-0.39, 0.29) is 11.3 Å². The van der Waals surface area contributed by atoms with E-state index in [9.17, 15) is 4.79 Å². The maximum atomic E-state index is 12.2. The van der Waals surface area contributed by atoms with Crippen LogP contribution < -0.4 is 4.74 Å². The van der Waals surface area contributed by atoms with Crippen molar-refractivity contribution in [2.24, 2.45) is 5.41 Å². The van der Waals surface area contributed by atoms with E-state index in [1.54, 1.807) is 24.1 Å². The van der Waals surface area contributed by atoms with E-state index in [0.29, 0.717) is 17.9 Å². The minimum absolute atomic E-state index is 0.00243. The number of rotatable bonds is 3. The van der Waals surface area contributed by atoms with E-state index >= 15 is 0 Å². The van der Waals surface area contributed by atoms with Crippen LogP contribution in [0.25, 0.3) is 0 Å². The highest BCUT2D eigenvalue weighted by molar-refractivity contribution is 5.96. The fourth-order valence-corrected chi connectivity index (χ4v) is 1.81. The minimum atomic E-state index is -0.00243. The number of amides is 1. The Morgan fingerprint density at radius 3 is 2.41 bits per heavy atom. The molecule has 0 unspecified atom stereocenters. The Balaban J connectivity index is 2.89. The van der Waals surface area contributed by atoms with E-state index in [0.717, 1.165) is 0 Å². The largest absolute Gasteiger partial charge is 0.496 e. The Morgan fingerprint density at radius 1 is 1.29 bits per heavy atom. The Bertz CT molecular complexity index is 393. The van der Waals surface area contributed by atoms with E-state index in [4.69, 9.17) is 4.74 Å². The first-order valence-electron chi connectivity index (χ1n) is 5.73. The molecule has 0 heterocycles. The van der Waals surface area contributed by atoms with Gasteiger partial charge >= 0.3 is 0 Å². The fourth-order valence-electron chi connectivity index (χ4n) is 1.81. The molecule has 0 spiro atoms. The molecule has 0 aliphatic rings. The maximum Gasteiger partial charge on any atom is 0.257 e. The zero-order chi connectivity index (χ0) is 13.1. The normalized spacial score (nSPS) is 11.1. The van der Waals surface area contributed by atoms with Crippen LogP contribution in [0.1, 0.15) is 31.1 Å². The van der Waals surface area contributed by atoms with Crippen LogP contribution in [0.2, 0.25) is 0 Å². The van der Waals surface area contributed by atoms with Crippen LogP contribution in [0.3, 0.4) is 0 Å². The SMILES string of the molecule is COc1ccccc1C(=O)N(C)CC(C)(C)C. The van der Waals surface area contributed by atoms with Gasteiger partial charge in [-0.05, 0) is 17.5 Å². The monoisotopic (exact) mass is 235 g/mol. The van der Waals surface area contributed by atoms with Gasteiger partial charge in [0.15, 0.2) is 0 Å². The average molecular weight is 235 g/mol. The lowest BCUT2D eigenvalue weighted by atomic mass is 9.96. The van der Waals surface area contributed by atoms with E-state index in [1.807, 2.05) is 19.2 Å². The third-order valence-electron chi connectivity index (χ3n) is 2.40. The molecule has 0 aromatic heterocycles. The summed E-state index contributed by atoms with van der Waals surface area (Å²) in [6.07, 6.45) is 0. The first-order chi connectivity index (χ1) is 7.85. The smallest absolute Gasteiger partial charge is 0.257 e. The number of hydrogen-bond donors (Lipinski definition) is 0. The predicted octanol–water partition coefficient (Wildman–Crippen LogP) is 2.81. The van der Waals surface area contributed by atoms with Gasteiger partial charge in [-0.3, -0.25) is 4.79 Å². The van der Waals surface area contributed by atoms with Crippen molar-refractivity contribution >= 4 is 5.91 Å². The summed E-state index contributed by atoms with van der Waals surface area (Å²) < 4.78 is 5.20. The summed E-state index contributed by atoms with van der Waals surface area (Å²) in [6.45, 7) is 7.04. The van der Waals surface area contributed by atoms with Crippen molar-refractivity contribution in [2.75, 3.05) is 20.7 Å². The number of ether oxygens (including phenoxy) is 1. The van der Waals surface area contributed by atoms with Crippen molar-refractivity contribution in [1.82, 2.24) is 4.90 Å². The minimum Gasteiger partial charge on any atom is -0.496 e. The van der Waals surface area contributed by atoms with Crippen molar-refractivity contribution in [3.8, 4) is 5.75 Å². The molecule has 17 heavy (non-hydrogen) atoms. The number of benzene rings is 1. The molecule has 0 aliphatic carbocycles. The average Bonchev–Trinajstić information content (AvgIpc) is 2.25. The van der Waals surface area contributed by atoms with Crippen molar-refractivity contribution in [3.05, 3.63) is 29.8 Å². The number of carbonyl (C=O) groups is 1. The molecule has 3 nitrogen and oxygen atoms in total. The predicted molar refractivity (Wildman–Crippen MR) is 69.4 cm³/mol. The molecule has 0 saturated carbocycles. The van der Waals surface area contributed by atoms with Gasteiger partial charge in [0.25, 0.3) is 5.91 Å². The number of methoxy groups -OCH3 is 1. The van der Waals surface area contributed by atoms with Crippen LogP contribution in [-0.4, -0.2) is 31.5 Å². The second-order valence-electron chi connectivity index (χ2n) is 5.42. The molecule has 0 saturated heterocycles. The Kier molecular flexibility index (Phi) is 4.16. The molecule has 0 N–H and O–H groups in total. The van der Waals surface area contributed by atoms with E-state index in [1.165, 1.54) is 0 Å². The zero-order valence-corrected chi connectivity index (χ0v) is 11.3. The summed E-state index contributed by atoms with van der Waals surface area (Å²) in [5.41, 5.74) is 0.702. The van der Waals surface area contributed by atoms with Gasteiger partial charge in [-0.25, -0.2) is 0 Å². The van der Waals surface area contributed by atoms with Crippen molar-refractivity contribution < 1.29 is 9.53 Å². The van der Waals surface area contributed by atoms with Gasteiger partial charge in [-0.2, -0.15) is 0 Å². The molecule has 94 valence electrons. The first kappa shape index (κ1) is 13.6. The van der Waals surface area contributed by atoms with Gasteiger partial charge in [-0.15, -0.1) is 0 Å². The third kappa shape index (κ3) is 3.77. The number of nitrogens with zero attached hydrogens (tertiary/aromatic N) is 1. The Hall–Kier alpha value is -1.51. The van der Waals surface area contributed by atoms with Gasteiger partial charge in [0.2, 0.25) is 0 Å². The van der Waals surface area contributed by atoms with Gasteiger partial charge in [0.1, 0.15) is 5.75 Å². The first-order valence-corrected chi connectivity index (χ1v) is 5.73. The molecule has 1 aromatic carbocycles. The molecule has 0 fully saturated rings. The van der Waals surface area contributed by atoms with Crippen LogP contribution in [0.5, 0.6) is 5.75 Å². The molecular weight excluding hydrogens is 214 g/mol. The number of para-hydroxylation sites is 1. The lowest BCUT2D eigenvalue weighted by molar-refractivity contribution is 0.0742. The lowest BCUT2D eigenvalue weighted by Gasteiger charge is -2.27. The summed E-state index contributed by atoms with van der Waals surface area (Å²) in [4.78, 5) is 14.0. The highest BCUT2D eigenvalue weighted by Crippen LogP contribution is 2.21. The van der Waals surface area contributed by atoms with E-state index in [2.05, 4.69) is 20.8 Å². The quantitative estimate of drug-likeness (QED) is 0.806. The standard InChI is InChI=1S/C14H21NO2/c1-14(2,3)10-15(4)13(16)11-8-6-7-9-12(11)17-5/h6-9H,10H2,1-5H3. The van der Waals surface area contributed by atoms with Crippen LogP contribution in [0.4, 0.5) is 0 Å². The zero-order valence-electron chi connectivity index (χ0n) is 11.3. The lowest BCUT2D eigenvalue weighted by Crippen LogP contribution is -2.34. The summed E-state index contributed by atoms with van der Waals surface area (Å²) in [6, 6.07) is 7.30. The molecule has 0 aliphatic heterocycles. The molecule has 3 heteroatoms. The third-order valence-corrected chi connectivity index (χ3v) is 2.40. The van der Waals surface area contributed by atoms with Gasteiger partial charge in [0.05, 0.1) is 12.7 Å². The van der Waals surface area contributed by atoms with Gasteiger partial charge < -0.3 is 9.64 Å². The Labute approximate surface area is 103 Å². The summed E-state index contributed by atoms with van der Waals surface area (Å²) in [5, 5.41) is 0. The molecule has 1 rings (SSSR count). The molecule has 1 aromatic rings. The fraction of sp³-hybridized carbons (Fsp3) is 0.500. The molecule has 0 radical (unpaired) electrons. The summed E-state index contributed by atoms with van der Waals surface area (Å²) in [5.74, 6) is 0.621. The highest BCUT2D eigenvalue weighted by atomic mass is 16.5. The molecule has 0 bridgehead atoms. The van der Waals surface area contributed by atoms with Crippen LogP contribution in [0, 0.1) is 5.41 Å².